The third kappa shape index (κ3) is 2.20. The van der Waals surface area contributed by atoms with Crippen LogP contribution < -0.4 is 5.06 Å². The van der Waals surface area contributed by atoms with E-state index in [0.29, 0.717) is 12.1 Å². The van der Waals surface area contributed by atoms with Crippen molar-refractivity contribution in [2.24, 2.45) is 0 Å². The van der Waals surface area contributed by atoms with Crippen molar-refractivity contribution >= 4 is 21.6 Å². The zero-order valence-electron chi connectivity index (χ0n) is 6.28. The Labute approximate surface area is 80.7 Å². The van der Waals surface area contributed by atoms with E-state index in [4.69, 9.17) is 0 Å². The molecule has 0 spiro atoms. The van der Waals surface area contributed by atoms with E-state index >= 15 is 0 Å². The van der Waals surface area contributed by atoms with Gasteiger partial charge in [0.05, 0.1) is 0 Å². The zero-order valence-corrected chi connectivity index (χ0v) is 7.87. The Morgan fingerprint density at radius 3 is 2.08 bits per heavy atom. The van der Waals surface area contributed by atoms with Gasteiger partial charge in [0, 0.05) is 12.1 Å². The molecule has 1 aromatic rings. The van der Waals surface area contributed by atoms with Gasteiger partial charge in [-0.2, -0.15) is 0 Å². The summed E-state index contributed by atoms with van der Waals surface area (Å²) in [5.74, 6) is -3.40. The summed E-state index contributed by atoms with van der Waals surface area (Å²) in [6, 6.07) is 0.942. The summed E-state index contributed by atoms with van der Waals surface area (Å²) in [5.41, 5.74) is -0.912. The maximum absolute atomic E-state index is 12.8. The van der Waals surface area contributed by atoms with Crippen LogP contribution in [0.2, 0.25) is 0 Å². The number of hydrogen-bond acceptors (Lipinski definition) is 1. The number of halogens is 4. The fraction of sp³-hybridized carbons (Fsp3) is 0.143. The highest BCUT2D eigenvalue weighted by atomic mass is 79.9. The molecule has 1 aromatic carbocycles. The number of quaternary nitrogens is 1. The summed E-state index contributed by atoms with van der Waals surface area (Å²) >= 11 is 2.76. The molecule has 0 amide bonds. The summed E-state index contributed by atoms with van der Waals surface area (Å²) < 4.78 is 38.0. The molecule has 13 heavy (non-hydrogen) atoms. The molecule has 0 fully saturated rings. The van der Waals surface area contributed by atoms with E-state index in [2.05, 4.69) is 15.9 Å². The van der Waals surface area contributed by atoms with E-state index in [-0.39, 0.29) is 5.45 Å². The van der Waals surface area contributed by atoms with Crippen LogP contribution in [0.25, 0.3) is 0 Å². The average Bonchev–Trinajstić information content (AvgIpc) is 2.02. The molecular weight excluding hydrogens is 251 g/mol. The van der Waals surface area contributed by atoms with Crippen molar-refractivity contribution in [2.45, 2.75) is 0 Å². The van der Waals surface area contributed by atoms with Gasteiger partial charge >= 0.3 is 0 Å². The van der Waals surface area contributed by atoms with E-state index < -0.39 is 28.2 Å². The third-order valence-electron chi connectivity index (χ3n) is 1.41. The highest BCUT2D eigenvalue weighted by Crippen LogP contribution is 2.16. The lowest BCUT2D eigenvalue weighted by atomic mass is 10.3. The molecule has 1 rings (SSSR count). The summed E-state index contributed by atoms with van der Waals surface area (Å²) in [5, 5.41) is 10.2. The van der Waals surface area contributed by atoms with Crippen LogP contribution >= 0.6 is 15.9 Å². The predicted octanol–water partition coefficient (Wildman–Crippen LogP) is 1.47. The van der Waals surface area contributed by atoms with Crippen LogP contribution in [0, 0.1) is 22.7 Å². The van der Waals surface area contributed by atoms with Gasteiger partial charge in [-0.3, -0.25) is 0 Å². The molecule has 0 radical (unpaired) electrons. The number of nitrogens with one attached hydrogen (secondary N) is 1. The van der Waals surface area contributed by atoms with Gasteiger partial charge in [0.15, 0.2) is 11.6 Å². The third-order valence-corrected chi connectivity index (χ3v) is 1.92. The molecule has 72 valence electrons. The van der Waals surface area contributed by atoms with Gasteiger partial charge in [-0.25, -0.2) is 13.2 Å². The topological polar surface area (TPSA) is 27.5 Å². The van der Waals surface area contributed by atoms with Gasteiger partial charge < -0.3 is 10.3 Å². The predicted molar refractivity (Wildman–Crippen MR) is 44.1 cm³/mol. The SMILES string of the molecule is [O-][NH+](CBr)c1c(F)cc(F)cc1F. The first kappa shape index (κ1) is 10.5. The van der Waals surface area contributed by atoms with Crippen LogP contribution in [0.3, 0.4) is 0 Å². The summed E-state index contributed by atoms with van der Waals surface area (Å²) in [4.78, 5) is 0. The molecule has 1 unspecified atom stereocenters. The van der Waals surface area contributed by atoms with Crippen molar-refractivity contribution in [3.05, 3.63) is 34.8 Å². The van der Waals surface area contributed by atoms with Crippen molar-refractivity contribution in [3.63, 3.8) is 0 Å². The molecule has 0 heterocycles. The molecule has 2 nitrogen and oxygen atoms in total. The molecule has 0 saturated carbocycles. The van der Waals surface area contributed by atoms with E-state index in [1.807, 2.05) is 0 Å². The Morgan fingerprint density at radius 1 is 1.23 bits per heavy atom. The lowest BCUT2D eigenvalue weighted by molar-refractivity contribution is -0.761. The van der Waals surface area contributed by atoms with Crippen LogP contribution in [0.5, 0.6) is 0 Å². The second kappa shape index (κ2) is 4.08. The summed E-state index contributed by atoms with van der Waals surface area (Å²) in [6.07, 6.45) is 0. The molecule has 0 saturated heterocycles. The smallest absolute Gasteiger partial charge is 0.204 e. The average molecular weight is 256 g/mol. The number of hydroxylamine groups is 1. The van der Waals surface area contributed by atoms with E-state index in [1.165, 1.54) is 0 Å². The van der Waals surface area contributed by atoms with Crippen LogP contribution in [0.15, 0.2) is 12.1 Å². The van der Waals surface area contributed by atoms with Gasteiger partial charge in [-0.15, -0.1) is 0 Å². The second-order valence-corrected chi connectivity index (χ2v) is 2.86. The molecule has 0 aliphatic carbocycles. The van der Waals surface area contributed by atoms with Crippen molar-refractivity contribution in [3.8, 4) is 0 Å². The minimum absolute atomic E-state index is 0.202. The van der Waals surface area contributed by atoms with E-state index in [9.17, 15) is 18.4 Å². The van der Waals surface area contributed by atoms with Gasteiger partial charge in [-0.05, 0) is 15.9 Å². The minimum Gasteiger partial charge on any atom is -0.628 e. The Morgan fingerprint density at radius 2 is 1.69 bits per heavy atom. The quantitative estimate of drug-likeness (QED) is 0.484. The normalized spacial score (nSPS) is 13.0. The highest BCUT2D eigenvalue weighted by Gasteiger charge is 2.17. The maximum Gasteiger partial charge on any atom is 0.204 e. The van der Waals surface area contributed by atoms with Crippen molar-refractivity contribution in [1.82, 2.24) is 0 Å². The van der Waals surface area contributed by atoms with Crippen LogP contribution in [-0.2, 0) is 0 Å². The Bertz CT molecular complexity index is 298. The Kier molecular flexibility index (Phi) is 3.29. The number of benzene rings is 1. The van der Waals surface area contributed by atoms with Crippen molar-refractivity contribution in [2.75, 3.05) is 5.45 Å². The molecule has 0 aliphatic heterocycles. The molecular formula is C7H5BrF3NO. The van der Waals surface area contributed by atoms with Crippen molar-refractivity contribution in [1.29, 1.82) is 0 Å². The van der Waals surface area contributed by atoms with Gasteiger partial charge in [0.1, 0.15) is 11.3 Å². The first-order valence-corrected chi connectivity index (χ1v) is 4.42. The number of alkyl halides is 1. The second-order valence-electron chi connectivity index (χ2n) is 2.30. The molecule has 0 aliphatic rings. The highest BCUT2D eigenvalue weighted by molar-refractivity contribution is 9.09. The first-order chi connectivity index (χ1) is 6.06. The minimum atomic E-state index is -1.18. The standard InChI is InChI=1S/C7H5BrF3NO/c8-3-12(13)7-5(10)1-4(9)2-6(7)11/h1-2,12H,3H2. The van der Waals surface area contributed by atoms with Crippen molar-refractivity contribution < 1.29 is 18.2 Å². The van der Waals surface area contributed by atoms with Crippen LogP contribution in [0.4, 0.5) is 18.9 Å². The number of hydrogen-bond donors (Lipinski definition) is 1. The molecule has 6 heteroatoms. The first-order valence-electron chi connectivity index (χ1n) is 3.30. The van der Waals surface area contributed by atoms with E-state index in [0.717, 1.165) is 0 Å². The molecule has 0 aromatic heterocycles. The summed E-state index contributed by atoms with van der Waals surface area (Å²) in [6.45, 7) is 0. The summed E-state index contributed by atoms with van der Waals surface area (Å²) in [7, 11) is 0. The monoisotopic (exact) mass is 255 g/mol. The lowest BCUT2D eigenvalue weighted by Gasteiger charge is -2.19. The fourth-order valence-electron chi connectivity index (χ4n) is 0.875. The molecule has 1 N–H and O–H groups in total. The van der Waals surface area contributed by atoms with Gasteiger partial charge in [0.2, 0.25) is 5.69 Å². The largest absolute Gasteiger partial charge is 0.628 e. The Balaban J connectivity index is 3.20. The van der Waals surface area contributed by atoms with E-state index in [1.54, 1.807) is 0 Å². The van der Waals surface area contributed by atoms with Gasteiger partial charge in [0.25, 0.3) is 0 Å². The van der Waals surface area contributed by atoms with Crippen LogP contribution in [-0.4, -0.2) is 5.45 Å². The Hall–Kier alpha value is -0.590. The number of rotatable bonds is 2. The molecule has 1 atom stereocenters. The molecule has 0 bridgehead atoms. The van der Waals surface area contributed by atoms with Gasteiger partial charge in [-0.1, -0.05) is 0 Å². The zero-order chi connectivity index (χ0) is 10.0. The maximum atomic E-state index is 12.8. The van der Waals surface area contributed by atoms with Crippen LogP contribution in [0.1, 0.15) is 0 Å². The fourth-order valence-corrected chi connectivity index (χ4v) is 1.16. The lowest BCUT2D eigenvalue weighted by Crippen LogP contribution is -3.01.